The first-order valence-electron chi connectivity index (χ1n) is 6.40. The molecule has 21 heavy (non-hydrogen) atoms. The number of hydrogen-bond donors (Lipinski definition) is 1. The molecule has 110 valence electrons. The fraction of sp³-hybridized carbons (Fsp3) is 0.214. The summed E-state index contributed by atoms with van der Waals surface area (Å²) in [6.45, 7) is 0.183. The highest BCUT2D eigenvalue weighted by atomic mass is 35.5. The molecule has 0 spiro atoms. The van der Waals surface area contributed by atoms with Gasteiger partial charge in [0.1, 0.15) is 16.7 Å². The van der Waals surface area contributed by atoms with E-state index in [2.05, 4.69) is 9.71 Å². The Kier molecular flexibility index (Phi) is 3.84. The molecule has 1 aromatic carbocycles. The van der Waals surface area contributed by atoms with Gasteiger partial charge in [0.25, 0.3) is 0 Å². The van der Waals surface area contributed by atoms with Crippen LogP contribution in [0.15, 0.2) is 47.6 Å². The van der Waals surface area contributed by atoms with E-state index in [-0.39, 0.29) is 22.6 Å². The molecule has 0 radical (unpaired) electrons. The first-order chi connectivity index (χ1) is 10.1. The number of aromatic nitrogens is 1. The average Bonchev–Trinajstić information content (AvgIpc) is 2.88. The number of rotatable bonds is 4. The van der Waals surface area contributed by atoms with Crippen LogP contribution in [0.4, 0.5) is 0 Å². The summed E-state index contributed by atoms with van der Waals surface area (Å²) in [6.07, 6.45) is 3.14. The number of nitrogens with zero attached hydrogens (tertiary/aromatic N) is 1. The lowest BCUT2D eigenvalue weighted by Crippen LogP contribution is -2.34. The van der Waals surface area contributed by atoms with Crippen molar-refractivity contribution in [3.8, 4) is 5.75 Å². The molecule has 1 unspecified atom stereocenters. The minimum Gasteiger partial charge on any atom is -0.488 e. The van der Waals surface area contributed by atoms with Gasteiger partial charge in [-0.2, -0.15) is 0 Å². The summed E-state index contributed by atoms with van der Waals surface area (Å²) in [5.41, 5.74) is 1.08. The Morgan fingerprint density at radius 2 is 2.14 bits per heavy atom. The normalized spacial score (nSPS) is 17.3. The molecular weight excluding hydrogens is 312 g/mol. The molecule has 0 bridgehead atoms. The standard InChI is InChI=1S/C14H13ClN2O3S/c15-12-5-6-16-9-14(12)21(18,19)17-8-11-7-10-3-1-2-4-13(10)20-11/h1-6,9,11,17H,7-8H2. The minimum atomic E-state index is -3.69. The lowest BCUT2D eigenvalue weighted by atomic mass is 10.1. The summed E-state index contributed by atoms with van der Waals surface area (Å²) in [5.74, 6) is 0.807. The Morgan fingerprint density at radius 3 is 2.90 bits per heavy atom. The number of fused-ring (bicyclic) bond motifs is 1. The number of ether oxygens (including phenoxy) is 1. The molecule has 0 saturated carbocycles. The van der Waals surface area contributed by atoms with E-state index in [1.54, 1.807) is 0 Å². The third-order valence-electron chi connectivity index (χ3n) is 3.24. The van der Waals surface area contributed by atoms with Crippen molar-refractivity contribution in [2.24, 2.45) is 0 Å². The molecule has 0 fully saturated rings. The number of nitrogens with one attached hydrogen (secondary N) is 1. The summed E-state index contributed by atoms with van der Waals surface area (Å²) in [4.78, 5) is 3.76. The topological polar surface area (TPSA) is 68.3 Å². The van der Waals surface area contributed by atoms with Gasteiger partial charge in [-0.1, -0.05) is 29.8 Å². The van der Waals surface area contributed by atoms with Crippen molar-refractivity contribution >= 4 is 21.6 Å². The van der Waals surface area contributed by atoms with Crippen molar-refractivity contribution in [3.63, 3.8) is 0 Å². The molecule has 1 atom stereocenters. The predicted octanol–water partition coefficient (Wildman–Crippen LogP) is 2.02. The lowest BCUT2D eigenvalue weighted by molar-refractivity contribution is 0.236. The van der Waals surface area contributed by atoms with Gasteiger partial charge in [-0.05, 0) is 17.7 Å². The van der Waals surface area contributed by atoms with E-state index >= 15 is 0 Å². The van der Waals surface area contributed by atoms with Crippen LogP contribution in [-0.4, -0.2) is 26.1 Å². The van der Waals surface area contributed by atoms with Crippen molar-refractivity contribution in [1.29, 1.82) is 0 Å². The second-order valence-electron chi connectivity index (χ2n) is 4.71. The predicted molar refractivity (Wildman–Crippen MR) is 79.0 cm³/mol. The van der Waals surface area contributed by atoms with E-state index in [4.69, 9.17) is 16.3 Å². The van der Waals surface area contributed by atoms with Crippen LogP contribution in [0.2, 0.25) is 5.02 Å². The Labute approximate surface area is 128 Å². The second-order valence-corrected chi connectivity index (χ2v) is 6.85. The van der Waals surface area contributed by atoms with E-state index in [1.807, 2.05) is 24.3 Å². The van der Waals surface area contributed by atoms with Gasteiger partial charge >= 0.3 is 0 Å². The van der Waals surface area contributed by atoms with Crippen molar-refractivity contribution in [1.82, 2.24) is 9.71 Å². The molecule has 2 aromatic rings. The van der Waals surface area contributed by atoms with E-state index in [1.165, 1.54) is 18.5 Å². The monoisotopic (exact) mass is 324 g/mol. The summed E-state index contributed by atoms with van der Waals surface area (Å²) in [5, 5.41) is 0.146. The van der Waals surface area contributed by atoms with Crippen LogP contribution in [0.3, 0.4) is 0 Å². The number of benzene rings is 1. The van der Waals surface area contributed by atoms with Crippen LogP contribution < -0.4 is 9.46 Å². The molecule has 2 heterocycles. The molecule has 0 aliphatic carbocycles. The lowest BCUT2D eigenvalue weighted by Gasteiger charge is -2.12. The van der Waals surface area contributed by atoms with Crippen LogP contribution in [0.1, 0.15) is 5.56 Å². The van der Waals surface area contributed by atoms with Gasteiger partial charge < -0.3 is 4.74 Å². The van der Waals surface area contributed by atoms with E-state index in [0.29, 0.717) is 6.42 Å². The first kappa shape index (κ1) is 14.3. The molecular formula is C14H13ClN2O3S. The highest BCUT2D eigenvalue weighted by molar-refractivity contribution is 7.89. The largest absolute Gasteiger partial charge is 0.488 e. The molecule has 0 amide bonds. The maximum Gasteiger partial charge on any atom is 0.243 e. The highest BCUT2D eigenvalue weighted by Gasteiger charge is 2.25. The summed E-state index contributed by atoms with van der Waals surface area (Å²) in [6, 6.07) is 9.12. The molecule has 5 nitrogen and oxygen atoms in total. The Hall–Kier alpha value is -1.63. The highest BCUT2D eigenvalue weighted by Crippen LogP contribution is 2.28. The van der Waals surface area contributed by atoms with Crippen molar-refractivity contribution < 1.29 is 13.2 Å². The average molecular weight is 325 g/mol. The Bertz CT molecular complexity index is 739. The molecule has 7 heteroatoms. The number of hydrogen-bond acceptors (Lipinski definition) is 4. The number of halogens is 1. The fourth-order valence-electron chi connectivity index (χ4n) is 2.21. The molecule has 1 aliphatic heterocycles. The maximum absolute atomic E-state index is 12.2. The zero-order chi connectivity index (χ0) is 14.9. The van der Waals surface area contributed by atoms with Crippen LogP contribution in [-0.2, 0) is 16.4 Å². The smallest absolute Gasteiger partial charge is 0.243 e. The molecule has 1 aromatic heterocycles. The summed E-state index contributed by atoms with van der Waals surface area (Å²) < 4.78 is 32.6. The Morgan fingerprint density at radius 1 is 1.33 bits per heavy atom. The molecule has 3 rings (SSSR count). The number of sulfonamides is 1. The van der Waals surface area contributed by atoms with Crippen LogP contribution in [0.5, 0.6) is 5.75 Å². The second kappa shape index (κ2) is 5.63. The van der Waals surface area contributed by atoms with Crippen molar-refractivity contribution in [2.75, 3.05) is 6.54 Å². The molecule has 1 N–H and O–H groups in total. The number of para-hydroxylation sites is 1. The van der Waals surface area contributed by atoms with E-state index in [9.17, 15) is 8.42 Å². The van der Waals surface area contributed by atoms with Gasteiger partial charge in [0, 0.05) is 25.4 Å². The minimum absolute atomic E-state index is 0.0258. The van der Waals surface area contributed by atoms with Crippen LogP contribution >= 0.6 is 11.6 Å². The van der Waals surface area contributed by atoms with Gasteiger partial charge in [0.15, 0.2) is 0 Å². The first-order valence-corrected chi connectivity index (χ1v) is 8.26. The van der Waals surface area contributed by atoms with E-state index in [0.717, 1.165) is 11.3 Å². The quantitative estimate of drug-likeness (QED) is 0.934. The van der Waals surface area contributed by atoms with Gasteiger partial charge in [-0.25, -0.2) is 13.1 Å². The van der Waals surface area contributed by atoms with Gasteiger partial charge in [0.05, 0.1) is 5.02 Å². The van der Waals surface area contributed by atoms with Crippen molar-refractivity contribution in [3.05, 3.63) is 53.3 Å². The Balaban J connectivity index is 1.68. The van der Waals surface area contributed by atoms with Crippen molar-refractivity contribution in [2.45, 2.75) is 17.4 Å². The molecule has 1 aliphatic rings. The summed E-state index contributed by atoms with van der Waals surface area (Å²) >= 11 is 5.89. The zero-order valence-corrected chi connectivity index (χ0v) is 12.6. The van der Waals surface area contributed by atoms with E-state index < -0.39 is 10.0 Å². The van der Waals surface area contributed by atoms with Gasteiger partial charge in [-0.3, -0.25) is 4.98 Å². The van der Waals surface area contributed by atoms with Gasteiger partial charge in [0.2, 0.25) is 10.0 Å². The SMILES string of the molecule is O=S(=O)(NCC1Cc2ccccc2O1)c1cnccc1Cl. The third-order valence-corrected chi connectivity index (χ3v) is 5.13. The van der Waals surface area contributed by atoms with Crippen LogP contribution in [0.25, 0.3) is 0 Å². The third kappa shape index (κ3) is 3.02. The maximum atomic E-state index is 12.2. The zero-order valence-electron chi connectivity index (χ0n) is 11.0. The fourth-order valence-corrected chi connectivity index (χ4v) is 3.70. The summed E-state index contributed by atoms with van der Waals surface area (Å²) in [7, 11) is -3.69. The molecule has 0 saturated heterocycles. The van der Waals surface area contributed by atoms with Crippen LogP contribution in [0, 0.1) is 0 Å². The number of pyridine rings is 1. The van der Waals surface area contributed by atoms with Gasteiger partial charge in [-0.15, -0.1) is 0 Å².